The van der Waals surface area contributed by atoms with E-state index in [1.807, 2.05) is 24.3 Å². The highest BCUT2D eigenvalue weighted by molar-refractivity contribution is 7.16. The SMILES string of the molecule is CCc1sc(NC(=O)CC2COCCN2)nc1-c1ccc(OC)cc1.Cl. The molecule has 0 spiro atoms. The molecule has 0 bridgehead atoms. The molecule has 0 aliphatic carbocycles. The molecule has 1 amide bonds. The Morgan fingerprint density at radius 3 is 2.81 bits per heavy atom. The van der Waals surface area contributed by atoms with Crippen LogP contribution in [0.3, 0.4) is 0 Å². The number of rotatable bonds is 6. The first-order chi connectivity index (χ1) is 12.2. The van der Waals surface area contributed by atoms with Crippen molar-refractivity contribution in [1.82, 2.24) is 10.3 Å². The third-order valence-corrected chi connectivity index (χ3v) is 5.17. The summed E-state index contributed by atoms with van der Waals surface area (Å²) in [4.78, 5) is 18.0. The number of hydrogen-bond donors (Lipinski definition) is 2. The number of aryl methyl sites for hydroxylation is 1. The number of methoxy groups -OCH3 is 1. The summed E-state index contributed by atoms with van der Waals surface area (Å²) in [6.07, 6.45) is 1.26. The van der Waals surface area contributed by atoms with Gasteiger partial charge in [-0.25, -0.2) is 4.98 Å². The van der Waals surface area contributed by atoms with Crippen LogP contribution in [0.5, 0.6) is 5.75 Å². The summed E-state index contributed by atoms with van der Waals surface area (Å²) >= 11 is 1.53. The summed E-state index contributed by atoms with van der Waals surface area (Å²) in [5, 5.41) is 6.85. The maximum absolute atomic E-state index is 12.3. The molecule has 26 heavy (non-hydrogen) atoms. The molecule has 3 rings (SSSR count). The average molecular weight is 398 g/mol. The first kappa shape index (κ1) is 20.6. The van der Waals surface area contributed by atoms with Gasteiger partial charge in [0.05, 0.1) is 26.0 Å². The van der Waals surface area contributed by atoms with Crippen LogP contribution in [-0.2, 0) is 16.0 Å². The molecular formula is C18H24ClN3O3S. The van der Waals surface area contributed by atoms with E-state index >= 15 is 0 Å². The summed E-state index contributed by atoms with van der Waals surface area (Å²) in [6, 6.07) is 7.88. The topological polar surface area (TPSA) is 72.5 Å². The molecule has 1 aliphatic heterocycles. The van der Waals surface area contributed by atoms with Crippen molar-refractivity contribution in [2.75, 3.05) is 32.2 Å². The molecule has 142 valence electrons. The Morgan fingerprint density at radius 1 is 1.42 bits per heavy atom. The summed E-state index contributed by atoms with van der Waals surface area (Å²) < 4.78 is 10.6. The van der Waals surface area contributed by atoms with Gasteiger partial charge in [-0.05, 0) is 30.7 Å². The third-order valence-electron chi connectivity index (χ3n) is 4.06. The molecule has 2 aromatic rings. The van der Waals surface area contributed by atoms with Crippen molar-refractivity contribution in [2.45, 2.75) is 25.8 Å². The summed E-state index contributed by atoms with van der Waals surface area (Å²) in [6.45, 7) is 4.16. The van der Waals surface area contributed by atoms with Crippen LogP contribution in [0.15, 0.2) is 24.3 Å². The number of hydrogen-bond acceptors (Lipinski definition) is 6. The van der Waals surface area contributed by atoms with E-state index in [2.05, 4.69) is 22.5 Å². The van der Waals surface area contributed by atoms with Crippen LogP contribution >= 0.6 is 23.7 Å². The van der Waals surface area contributed by atoms with Gasteiger partial charge in [0.15, 0.2) is 5.13 Å². The predicted octanol–water partition coefficient (Wildman–Crippen LogP) is 3.12. The molecule has 2 heterocycles. The highest BCUT2D eigenvalue weighted by Gasteiger charge is 2.19. The number of halogens is 1. The molecule has 8 heteroatoms. The van der Waals surface area contributed by atoms with Crippen LogP contribution in [0.25, 0.3) is 11.3 Å². The highest BCUT2D eigenvalue weighted by Crippen LogP contribution is 2.32. The Hall–Kier alpha value is -1.67. The zero-order valence-electron chi connectivity index (χ0n) is 14.9. The quantitative estimate of drug-likeness (QED) is 0.783. The van der Waals surface area contributed by atoms with Gasteiger partial charge in [-0.1, -0.05) is 6.92 Å². The van der Waals surface area contributed by atoms with E-state index in [-0.39, 0.29) is 24.4 Å². The normalized spacial score (nSPS) is 16.6. The molecule has 1 fully saturated rings. The van der Waals surface area contributed by atoms with Gasteiger partial charge in [0.2, 0.25) is 5.91 Å². The molecule has 1 aliphatic rings. The van der Waals surface area contributed by atoms with Crippen molar-refractivity contribution >= 4 is 34.8 Å². The van der Waals surface area contributed by atoms with E-state index in [1.165, 1.54) is 11.3 Å². The van der Waals surface area contributed by atoms with E-state index in [9.17, 15) is 4.79 Å². The Labute approximate surface area is 163 Å². The standard InChI is InChI=1S/C18H23N3O3S.ClH/c1-3-15-17(12-4-6-14(23-2)7-5-12)21-18(25-15)20-16(22)10-13-11-24-9-8-19-13;/h4-7,13,19H,3,8-11H2,1-2H3,(H,20,21,22);1H. The zero-order valence-corrected chi connectivity index (χ0v) is 16.5. The average Bonchev–Trinajstić information content (AvgIpc) is 3.05. The maximum atomic E-state index is 12.3. The van der Waals surface area contributed by atoms with Crippen molar-refractivity contribution in [3.05, 3.63) is 29.1 Å². The van der Waals surface area contributed by atoms with E-state index in [0.29, 0.717) is 24.8 Å². The summed E-state index contributed by atoms with van der Waals surface area (Å²) in [5.41, 5.74) is 1.95. The number of carbonyl (C=O) groups excluding carboxylic acids is 1. The van der Waals surface area contributed by atoms with Gasteiger partial charge >= 0.3 is 0 Å². The fraction of sp³-hybridized carbons (Fsp3) is 0.444. The second kappa shape index (κ2) is 9.87. The fourth-order valence-corrected chi connectivity index (χ4v) is 3.70. The van der Waals surface area contributed by atoms with E-state index in [0.717, 1.165) is 34.8 Å². The molecule has 1 unspecified atom stereocenters. The van der Waals surface area contributed by atoms with Gasteiger partial charge in [-0.2, -0.15) is 0 Å². The van der Waals surface area contributed by atoms with Gasteiger partial charge in [0.1, 0.15) is 5.75 Å². The second-order valence-corrected chi connectivity index (χ2v) is 6.93. The second-order valence-electron chi connectivity index (χ2n) is 5.85. The molecular weight excluding hydrogens is 374 g/mol. The summed E-state index contributed by atoms with van der Waals surface area (Å²) in [7, 11) is 1.65. The molecule has 6 nitrogen and oxygen atoms in total. The van der Waals surface area contributed by atoms with Gasteiger partial charge in [-0.3, -0.25) is 4.79 Å². The Morgan fingerprint density at radius 2 is 2.19 bits per heavy atom. The number of morpholine rings is 1. The number of thiazole rings is 1. The zero-order chi connectivity index (χ0) is 17.6. The fourth-order valence-electron chi connectivity index (χ4n) is 2.76. The lowest BCUT2D eigenvalue weighted by Gasteiger charge is -2.22. The van der Waals surface area contributed by atoms with Crippen molar-refractivity contribution < 1.29 is 14.3 Å². The maximum Gasteiger partial charge on any atom is 0.227 e. The smallest absolute Gasteiger partial charge is 0.227 e. The van der Waals surface area contributed by atoms with Crippen LogP contribution in [0.2, 0.25) is 0 Å². The third kappa shape index (κ3) is 5.17. The highest BCUT2D eigenvalue weighted by atomic mass is 35.5. The lowest BCUT2D eigenvalue weighted by molar-refractivity contribution is -0.117. The minimum absolute atomic E-state index is 0. The number of amides is 1. The summed E-state index contributed by atoms with van der Waals surface area (Å²) in [5.74, 6) is 0.772. The number of nitrogens with one attached hydrogen (secondary N) is 2. The van der Waals surface area contributed by atoms with Crippen LogP contribution in [0, 0.1) is 0 Å². The molecule has 1 atom stereocenters. The van der Waals surface area contributed by atoms with Gasteiger partial charge in [0, 0.05) is 29.4 Å². The number of carbonyl (C=O) groups is 1. The largest absolute Gasteiger partial charge is 0.497 e. The lowest BCUT2D eigenvalue weighted by atomic mass is 10.1. The van der Waals surface area contributed by atoms with Crippen molar-refractivity contribution in [3.8, 4) is 17.0 Å². The van der Waals surface area contributed by atoms with E-state index in [4.69, 9.17) is 9.47 Å². The molecule has 2 N–H and O–H groups in total. The minimum atomic E-state index is -0.0410. The first-order valence-electron chi connectivity index (χ1n) is 8.44. The van der Waals surface area contributed by atoms with Gasteiger partial charge in [0.25, 0.3) is 0 Å². The van der Waals surface area contributed by atoms with Gasteiger partial charge in [-0.15, -0.1) is 23.7 Å². The monoisotopic (exact) mass is 397 g/mol. The van der Waals surface area contributed by atoms with Crippen molar-refractivity contribution in [2.24, 2.45) is 0 Å². The number of aromatic nitrogens is 1. The van der Waals surface area contributed by atoms with Crippen molar-refractivity contribution in [3.63, 3.8) is 0 Å². The van der Waals surface area contributed by atoms with Crippen LogP contribution in [0.4, 0.5) is 5.13 Å². The Balaban J connectivity index is 0.00000243. The van der Waals surface area contributed by atoms with Gasteiger partial charge < -0.3 is 20.1 Å². The molecule has 1 aromatic heterocycles. The Kier molecular flexibility index (Phi) is 7.84. The van der Waals surface area contributed by atoms with Crippen LogP contribution < -0.4 is 15.4 Å². The number of benzene rings is 1. The Bertz CT molecular complexity index is 715. The molecule has 0 saturated carbocycles. The van der Waals surface area contributed by atoms with E-state index < -0.39 is 0 Å². The first-order valence-corrected chi connectivity index (χ1v) is 9.26. The number of ether oxygens (including phenoxy) is 2. The van der Waals surface area contributed by atoms with Crippen LogP contribution in [0.1, 0.15) is 18.2 Å². The molecule has 1 aromatic carbocycles. The molecule has 1 saturated heterocycles. The molecule has 0 radical (unpaired) electrons. The predicted molar refractivity (Wildman–Crippen MR) is 107 cm³/mol. The van der Waals surface area contributed by atoms with Crippen LogP contribution in [-0.4, -0.2) is 43.8 Å². The van der Waals surface area contributed by atoms with E-state index in [1.54, 1.807) is 7.11 Å². The number of nitrogens with zero attached hydrogens (tertiary/aromatic N) is 1. The number of anilines is 1. The van der Waals surface area contributed by atoms with Crippen molar-refractivity contribution in [1.29, 1.82) is 0 Å². The minimum Gasteiger partial charge on any atom is -0.497 e. The lowest BCUT2D eigenvalue weighted by Crippen LogP contribution is -2.43.